The number of pyridine rings is 1. The van der Waals surface area contributed by atoms with Crippen molar-refractivity contribution in [1.82, 2.24) is 4.98 Å². The van der Waals surface area contributed by atoms with Gasteiger partial charge in [-0.1, -0.05) is 6.07 Å². The van der Waals surface area contributed by atoms with E-state index in [-0.39, 0.29) is 12.4 Å². The summed E-state index contributed by atoms with van der Waals surface area (Å²) in [4.78, 5) is 4.28. The smallest absolute Gasteiger partial charge is 0.129 e. The van der Waals surface area contributed by atoms with Crippen molar-refractivity contribution in [1.29, 1.82) is 0 Å². The zero-order chi connectivity index (χ0) is 10.7. The molecule has 16 heavy (non-hydrogen) atoms. The number of aromatic nitrogens is 1. The quantitative estimate of drug-likeness (QED) is 0.915. The lowest BCUT2D eigenvalue weighted by Gasteiger charge is -2.06. The standard InChI is InChI=1S/C11H11BrN2S.ClH/c1-8-3-2-4-13-11(8)14-6-9-5-10(12)15-7-9;/h2-5,7H,6H2,1H3,(H,13,14);1H. The third-order valence-corrected chi connectivity index (χ3v) is 3.64. The maximum atomic E-state index is 4.28. The van der Waals surface area contributed by atoms with Crippen LogP contribution in [-0.4, -0.2) is 4.98 Å². The second-order valence-corrected chi connectivity index (χ2v) is 5.57. The highest BCUT2D eigenvalue weighted by Crippen LogP contribution is 2.21. The molecule has 0 aliphatic rings. The minimum Gasteiger partial charge on any atom is -0.366 e. The maximum Gasteiger partial charge on any atom is 0.129 e. The molecule has 86 valence electrons. The van der Waals surface area contributed by atoms with Crippen LogP contribution in [0.2, 0.25) is 0 Å². The number of thiophene rings is 1. The molecule has 2 aromatic rings. The van der Waals surface area contributed by atoms with Crippen molar-refractivity contribution in [2.24, 2.45) is 0 Å². The Morgan fingerprint density at radius 1 is 1.50 bits per heavy atom. The SMILES string of the molecule is Cc1cccnc1NCc1csc(Br)c1.Cl. The van der Waals surface area contributed by atoms with Crippen LogP contribution in [-0.2, 0) is 6.54 Å². The minimum atomic E-state index is 0. The summed E-state index contributed by atoms with van der Waals surface area (Å²) in [7, 11) is 0. The van der Waals surface area contributed by atoms with Crippen LogP contribution in [0.3, 0.4) is 0 Å². The number of halogens is 2. The molecule has 0 aliphatic carbocycles. The first-order chi connectivity index (χ1) is 7.25. The Hall–Kier alpha value is -0.580. The highest BCUT2D eigenvalue weighted by molar-refractivity contribution is 9.11. The fourth-order valence-electron chi connectivity index (χ4n) is 1.30. The third-order valence-electron chi connectivity index (χ3n) is 2.09. The van der Waals surface area contributed by atoms with Crippen LogP contribution in [0.25, 0.3) is 0 Å². The lowest BCUT2D eigenvalue weighted by molar-refractivity contribution is 1.10. The van der Waals surface area contributed by atoms with Crippen LogP contribution in [0.1, 0.15) is 11.1 Å². The Morgan fingerprint density at radius 3 is 2.94 bits per heavy atom. The van der Waals surface area contributed by atoms with E-state index in [1.54, 1.807) is 17.5 Å². The highest BCUT2D eigenvalue weighted by Gasteiger charge is 2.00. The monoisotopic (exact) mass is 318 g/mol. The summed E-state index contributed by atoms with van der Waals surface area (Å²) in [6.07, 6.45) is 1.80. The number of anilines is 1. The topological polar surface area (TPSA) is 24.9 Å². The molecule has 0 bridgehead atoms. The molecule has 2 heterocycles. The Kier molecular flexibility index (Phi) is 5.25. The summed E-state index contributed by atoms with van der Waals surface area (Å²) in [5, 5.41) is 5.45. The molecule has 0 unspecified atom stereocenters. The van der Waals surface area contributed by atoms with E-state index < -0.39 is 0 Å². The molecule has 2 rings (SSSR count). The van der Waals surface area contributed by atoms with E-state index in [1.807, 2.05) is 6.07 Å². The van der Waals surface area contributed by atoms with Crippen molar-refractivity contribution < 1.29 is 0 Å². The van der Waals surface area contributed by atoms with E-state index in [0.29, 0.717) is 0 Å². The Bertz CT molecular complexity index is 459. The molecule has 0 spiro atoms. The Labute approximate surface area is 114 Å². The molecule has 0 aromatic carbocycles. The van der Waals surface area contributed by atoms with E-state index in [4.69, 9.17) is 0 Å². The third kappa shape index (κ3) is 3.47. The molecule has 0 fully saturated rings. The molecule has 0 saturated carbocycles. The van der Waals surface area contributed by atoms with Gasteiger partial charge in [0.25, 0.3) is 0 Å². The van der Waals surface area contributed by atoms with Crippen molar-refractivity contribution in [2.45, 2.75) is 13.5 Å². The van der Waals surface area contributed by atoms with Gasteiger partial charge in [-0.2, -0.15) is 0 Å². The number of hydrogen-bond acceptors (Lipinski definition) is 3. The second kappa shape index (κ2) is 6.23. The molecule has 0 saturated heterocycles. The number of rotatable bonds is 3. The normalized spacial score (nSPS) is 9.62. The molecule has 1 N–H and O–H groups in total. The zero-order valence-electron chi connectivity index (χ0n) is 8.74. The van der Waals surface area contributed by atoms with Gasteiger partial charge in [0.15, 0.2) is 0 Å². The predicted molar refractivity (Wildman–Crippen MR) is 75.6 cm³/mol. The van der Waals surface area contributed by atoms with E-state index in [2.05, 4.69) is 50.7 Å². The number of nitrogens with zero attached hydrogens (tertiary/aromatic N) is 1. The van der Waals surface area contributed by atoms with Crippen molar-refractivity contribution in [2.75, 3.05) is 5.32 Å². The van der Waals surface area contributed by atoms with Crippen molar-refractivity contribution >= 4 is 45.5 Å². The van der Waals surface area contributed by atoms with E-state index in [9.17, 15) is 0 Å². The maximum absolute atomic E-state index is 4.28. The first kappa shape index (κ1) is 13.5. The van der Waals surface area contributed by atoms with Crippen LogP contribution >= 0.6 is 39.7 Å². The molecule has 0 atom stereocenters. The van der Waals surface area contributed by atoms with Crippen LogP contribution in [0, 0.1) is 6.92 Å². The molecule has 2 aromatic heterocycles. The van der Waals surface area contributed by atoms with Gasteiger partial charge < -0.3 is 5.32 Å². The summed E-state index contributed by atoms with van der Waals surface area (Å²) < 4.78 is 1.16. The lowest BCUT2D eigenvalue weighted by Crippen LogP contribution is -2.01. The van der Waals surface area contributed by atoms with Gasteiger partial charge in [0, 0.05) is 12.7 Å². The summed E-state index contributed by atoms with van der Waals surface area (Å²) in [6, 6.07) is 6.12. The largest absolute Gasteiger partial charge is 0.366 e. The van der Waals surface area contributed by atoms with E-state index in [0.717, 1.165) is 16.1 Å². The predicted octanol–water partition coefficient (Wildman–Crippen LogP) is 4.25. The van der Waals surface area contributed by atoms with Gasteiger partial charge in [-0.25, -0.2) is 4.98 Å². The summed E-state index contributed by atoms with van der Waals surface area (Å²) in [5.41, 5.74) is 2.45. The van der Waals surface area contributed by atoms with Gasteiger partial charge in [0.1, 0.15) is 5.82 Å². The van der Waals surface area contributed by atoms with Gasteiger partial charge >= 0.3 is 0 Å². The molecule has 0 aliphatic heterocycles. The molecule has 5 heteroatoms. The second-order valence-electron chi connectivity index (χ2n) is 3.28. The fourth-order valence-corrected chi connectivity index (χ4v) is 2.50. The molecular formula is C11H12BrClN2S. The average molecular weight is 320 g/mol. The number of hydrogen-bond donors (Lipinski definition) is 1. The van der Waals surface area contributed by atoms with Crippen LogP contribution < -0.4 is 5.32 Å². The molecule has 0 amide bonds. The average Bonchev–Trinajstić information content (AvgIpc) is 2.63. The first-order valence-corrected chi connectivity index (χ1v) is 6.31. The minimum absolute atomic E-state index is 0. The van der Waals surface area contributed by atoms with Crippen LogP contribution in [0.4, 0.5) is 5.82 Å². The van der Waals surface area contributed by atoms with Crippen molar-refractivity contribution in [3.8, 4) is 0 Å². The summed E-state index contributed by atoms with van der Waals surface area (Å²) in [5.74, 6) is 0.958. The van der Waals surface area contributed by atoms with E-state index >= 15 is 0 Å². The Morgan fingerprint density at radius 2 is 2.31 bits per heavy atom. The van der Waals surface area contributed by atoms with Crippen molar-refractivity contribution in [3.05, 3.63) is 44.7 Å². The highest BCUT2D eigenvalue weighted by atomic mass is 79.9. The van der Waals surface area contributed by atoms with Gasteiger partial charge in [0.05, 0.1) is 3.79 Å². The van der Waals surface area contributed by atoms with Crippen LogP contribution in [0.5, 0.6) is 0 Å². The zero-order valence-corrected chi connectivity index (χ0v) is 12.0. The number of nitrogens with one attached hydrogen (secondary N) is 1. The molecule has 2 nitrogen and oxygen atoms in total. The van der Waals surface area contributed by atoms with Gasteiger partial charge in [-0.15, -0.1) is 23.7 Å². The number of aryl methyl sites for hydroxylation is 1. The first-order valence-electron chi connectivity index (χ1n) is 4.64. The summed E-state index contributed by atoms with van der Waals surface area (Å²) >= 11 is 5.15. The van der Waals surface area contributed by atoms with Gasteiger partial charge in [-0.05, 0) is 51.5 Å². The van der Waals surface area contributed by atoms with E-state index in [1.165, 1.54) is 11.1 Å². The Balaban J connectivity index is 0.00000128. The van der Waals surface area contributed by atoms with Gasteiger partial charge in [-0.3, -0.25) is 0 Å². The summed E-state index contributed by atoms with van der Waals surface area (Å²) in [6.45, 7) is 2.87. The molecular weight excluding hydrogens is 308 g/mol. The fraction of sp³-hybridized carbons (Fsp3) is 0.182. The van der Waals surface area contributed by atoms with Crippen molar-refractivity contribution in [3.63, 3.8) is 0 Å². The lowest BCUT2D eigenvalue weighted by atomic mass is 10.3. The molecule has 0 radical (unpaired) electrons. The van der Waals surface area contributed by atoms with Gasteiger partial charge in [0.2, 0.25) is 0 Å². The van der Waals surface area contributed by atoms with Crippen LogP contribution in [0.15, 0.2) is 33.6 Å².